The summed E-state index contributed by atoms with van der Waals surface area (Å²) in [7, 11) is 0. The average molecular weight is 264 g/mol. The Bertz CT molecular complexity index is 757. The molecule has 0 radical (unpaired) electrons. The van der Waals surface area contributed by atoms with E-state index in [-0.39, 0.29) is 0 Å². The van der Waals surface area contributed by atoms with E-state index in [1.807, 2.05) is 25.1 Å². The Labute approximate surface area is 117 Å². The Kier molecular flexibility index (Phi) is 3.29. The van der Waals surface area contributed by atoms with Gasteiger partial charge >= 0.3 is 0 Å². The molecule has 0 atom stereocenters. The molecule has 0 fully saturated rings. The molecule has 2 aromatic heterocycles. The van der Waals surface area contributed by atoms with Gasteiger partial charge in [-0.3, -0.25) is 0 Å². The van der Waals surface area contributed by atoms with Crippen LogP contribution in [-0.2, 0) is 6.42 Å². The van der Waals surface area contributed by atoms with Gasteiger partial charge in [-0.05, 0) is 31.4 Å². The number of benzene rings is 1. The van der Waals surface area contributed by atoms with Crippen LogP contribution in [0.1, 0.15) is 22.4 Å². The normalized spacial score (nSPS) is 11.5. The highest BCUT2D eigenvalue weighted by Gasteiger charge is 2.09. The molecule has 0 saturated heterocycles. The second-order valence-electron chi connectivity index (χ2n) is 4.81. The monoisotopic (exact) mass is 264 g/mol. The Morgan fingerprint density at radius 3 is 2.75 bits per heavy atom. The summed E-state index contributed by atoms with van der Waals surface area (Å²) in [5, 5.41) is 12.5. The van der Waals surface area contributed by atoms with Crippen molar-refractivity contribution in [1.82, 2.24) is 19.8 Å². The van der Waals surface area contributed by atoms with E-state index < -0.39 is 0 Å². The highest BCUT2D eigenvalue weighted by Crippen LogP contribution is 2.16. The first-order valence-electron chi connectivity index (χ1n) is 6.63. The summed E-state index contributed by atoms with van der Waals surface area (Å²) in [6.07, 6.45) is 6.79. The van der Waals surface area contributed by atoms with E-state index in [9.17, 15) is 0 Å². The van der Waals surface area contributed by atoms with Gasteiger partial charge in [-0.1, -0.05) is 42.5 Å². The van der Waals surface area contributed by atoms with Gasteiger partial charge in [-0.15, -0.1) is 10.2 Å². The van der Waals surface area contributed by atoms with Crippen LogP contribution in [-0.4, -0.2) is 19.8 Å². The van der Waals surface area contributed by atoms with Gasteiger partial charge in [0.25, 0.3) is 0 Å². The van der Waals surface area contributed by atoms with E-state index in [1.165, 1.54) is 11.1 Å². The fourth-order valence-electron chi connectivity index (χ4n) is 2.36. The molecule has 4 nitrogen and oxygen atoms in total. The lowest BCUT2D eigenvalue weighted by Crippen LogP contribution is -2.03. The molecule has 0 aliphatic heterocycles. The van der Waals surface area contributed by atoms with Crippen LogP contribution in [0.25, 0.3) is 11.7 Å². The summed E-state index contributed by atoms with van der Waals surface area (Å²) >= 11 is 0. The van der Waals surface area contributed by atoms with Gasteiger partial charge in [-0.25, -0.2) is 4.52 Å². The summed E-state index contributed by atoms with van der Waals surface area (Å²) < 4.78 is 1.73. The Balaban J connectivity index is 1.89. The van der Waals surface area contributed by atoms with Crippen LogP contribution in [0.2, 0.25) is 0 Å². The highest BCUT2D eigenvalue weighted by atomic mass is 15.3. The second-order valence-corrected chi connectivity index (χ2v) is 4.81. The lowest BCUT2D eigenvalue weighted by atomic mass is 10.0. The lowest BCUT2D eigenvalue weighted by molar-refractivity contribution is 0.867. The van der Waals surface area contributed by atoms with Gasteiger partial charge in [0.1, 0.15) is 6.33 Å². The summed E-state index contributed by atoms with van der Waals surface area (Å²) in [5.74, 6) is 0. The van der Waals surface area contributed by atoms with Crippen molar-refractivity contribution in [3.63, 3.8) is 0 Å². The number of aryl methyl sites for hydroxylation is 2. The molecule has 0 unspecified atom stereocenters. The average Bonchev–Trinajstić information content (AvgIpc) is 2.92. The van der Waals surface area contributed by atoms with Crippen LogP contribution in [0.5, 0.6) is 0 Å². The first kappa shape index (κ1) is 12.5. The van der Waals surface area contributed by atoms with Crippen molar-refractivity contribution in [3.8, 4) is 0 Å². The fraction of sp³-hybridized carbons (Fsp3) is 0.188. The molecule has 0 aliphatic carbocycles. The summed E-state index contributed by atoms with van der Waals surface area (Å²) in [6.45, 7) is 4.10. The SMILES string of the molecule is Cc1nn2cnnc2c(C)c1C/C=C/c1ccccc1. The molecule has 20 heavy (non-hydrogen) atoms. The molecular formula is C16H16N4. The number of aromatic nitrogens is 4. The van der Waals surface area contributed by atoms with E-state index in [0.29, 0.717) is 0 Å². The maximum Gasteiger partial charge on any atom is 0.180 e. The van der Waals surface area contributed by atoms with Crippen molar-refractivity contribution >= 4 is 11.7 Å². The highest BCUT2D eigenvalue weighted by molar-refractivity contribution is 5.53. The smallest absolute Gasteiger partial charge is 0.180 e. The molecule has 4 heteroatoms. The van der Waals surface area contributed by atoms with Gasteiger partial charge in [0, 0.05) is 5.56 Å². The molecule has 0 aliphatic rings. The van der Waals surface area contributed by atoms with Gasteiger partial charge in [0.2, 0.25) is 0 Å². The summed E-state index contributed by atoms with van der Waals surface area (Å²) in [4.78, 5) is 0. The zero-order chi connectivity index (χ0) is 13.9. The molecule has 0 spiro atoms. The van der Waals surface area contributed by atoms with E-state index >= 15 is 0 Å². The third kappa shape index (κ3) is 2.32. The van der Waals surface area contributed by atoms with Crippen LogP contribution in [0, 0.1) is 13.8 Å². The molecule has 0 bridgehead atoms. The first-order valence-corrected chi connectivity index (χ1v) is 6.63. The largest absolute Gasteiger partial charge is 0.200 e. The number of fused-ring (bicyclic) bond motifs is 1. The minimum absolute atomic E-state index is 0.832. The molecule has 3 aromatic rings. The van der Waals surface area contributed by atoms with Crippen LogP contribution in [0.4, 0.5) is 0 Å². The second kappa shape index (κ2) is 5.25. The first-order chi connectivity index (χ1) is 9.75. The number of allylic oxidation sites excluding steroid dienone is 1. The van der Waals surface area contributed by atoms with E-state index in [4.69, 9.17) is 0 Å². The van der Waals surface area contributed by atoms with Crippen molar-refractivity contribution in [2.75, 3.05) is 0 Å². The summed E-state index contributed by atoms with van der Waals surface area (Å²) in [5.41, 5.74) is 5.43. The third-order valence-corrected chi connectivity index (χ3v) is 3.44. The van der Waals surface area contributed by atoms with Crippen molar-refractivity contribution in [3.05, 3.63) is 65.1 Å². The maximum absolute atomic E-state index is 4.48. The molecular weight excluding hydrogens is 248 g/mol. The van der Waals surface area contributed by atoms with E-state index in [2.05, 4.69) is 46.5 Å². The van der Waals surface area contributed by atoms with E-state index in [1.54, 1.807) is 10.8 Å². The molecule has 3 rings (SSSR count). The van der Waals surface area contributed by atoms with Crippen molar-refractivity contribution < 1.29 is 0 Å². The zero-order valence-electron chi connectivity index (χ0n) is 11.6. The van der Waals surface area contributed by atoms with E-state index in [0.717, 1.165) is 23.3 Å². The number of hydrogen-bond acceptors (Lipinski definition) is 3. The number of hydrogen-bond donors (Lipinski definition) is 0. The molecule has 0 N–H and O–H groups in total. The maximum atomic E-state index is 4.48. The zero-order valence-corrected chi connectivity index (χ0v) is 11.6. The van der Waals surface area contributed by atoms with Gasteiger partial charge < -0.3 is 0 Å². The summed E-state index contributed by atoms with van der Waals surface area (Å²) in [6, 6.07) is 10.3. The minimum Gasteiger partial charge on any atom is -0.200 e. The quantitative estimate of drug-likeness (QED) is 0.730. The number of nitrogens with zero attached hydrogens (tertiary/aromatic N) is 4. The van der Waals surface area contributed by atoms with Crippen molar-refractivity contribution in [2.24, 2.45) is 0 Å². The fourth-order valence-corrected chi connectivity index (χ4v) is 2.36. The molecule has 0 amide bonds. The van der Waals surface area contributed by atoms with Gasteiger partial charge in [-0.2, -0.15) is 5.10 Å². The van der Waals surface area contributed by atoms with Crippen LogP contribution < -0.4 is 0 Å². The molecule has 1 aromatic carbocycles. The molecule has 100 valence electrons. The van der Waals surface area contributed by atoms with Crippen molar-refractivity contribution in [2.45, 2.75) is 20.3 Å². The van der Waals surface area contributed by atoms with Crippen LogP contribution >= 0.6 is 0 Å². The topological polar surface area (TPSA) is 43.1 Å². The minimum atomic E-state index is 0.832. The van der Waals surface area contributed by atoms with Crippen LogP contribution in [0.15, 0.2) is 42.7 Å². The number of rotatable bonds is 3. The van der Waals surface area contributed by atoms with Crippen molar-refractivity contribution in [1.29, 1.82) is 0 Å². The van der Waals surface area contributed by atoms with Crippen LogP contribution in [0.3, 0.4) is 0 Å². The standard InChI is InChI=1S/C16H16N4/c1-12-15(10-6-9-14-7-4-3-5-8-14)13(2)19-20-11-17-18-16(12)20/h3-9,11H,10H2,1-2H3/b9-6+. The predicted octanol–water partition coefficient (Wildman–Crippen LogP) is 3.00. The Morgan fingerprint density at radius 1 is 1.15 bits per heavy atom. The Hall–Kier alpha value is -2.49. The lowest BCUT2D eigenvalue weighted by Gasteiger charge is -2.07. The molecule has 0 saturated carbocycles. The molecule has 2 heterocycles. The predicted molar refractivity (Wildman–Crippen MR) is 79.4 cm³/mol. The van der Waals surface area contributed by atoms with Gasteiger partial charge in [0.05, 0.1) is 5.69 Å². The third-order valence-electron chi connectivity index (χ3n) is 3.44. The van der Waals surface area contributed by atoms with Gasteiger partial charge in [0.15, 0.2) is 5.65 Å². The Morgan fingerprint density at radius 2 is 1.95 bits per heavy atom.